The number of nitrogens with zero attached hydrogens (tertiary/aromatic N) is 4. The van der Waals surface area contributed by atoms with Crippen molar-refractivity contribution in [3.63, 3.8) is 0 Å². The van der Waals surface area contributed by atoms with Crippen molar-refractivity contribution in [2.24, 2.45) is 11.0 Å². The van der Waals surface area contributed by atoms with E-state index in [1.807, 2.05) is 18.5 Å². The monoisotopic (exact) mass is 323 g/mol. The highest BCUT2D eigenvalue weighted by atomic mass is 16.2. The summed E-state index contributed by atoms with van der Waals surface area (Å²) in [6.07, 6.45) is 9.25. The summed E-state index contributed by atoms with van der Waals surface area (Å²) in [5, 5.41) is 4.09. The summed E-state index contributed by atoms with van der Waals surface area (Å²) < 4.78 is 0. The molecule has 1 aliphatic heterocycles. The van der Waals surface area contributed by atoms with E-state index in [2.05, 4.69) is 31.5 Å². The topological polar surface area (TPSA) is 70.5 Å². The lowest BCUT2D eigenvalue weighted by Gasteiger charge is -2.30. The van der Waals surface area contributed by atoms with Gasteiger partial charge in [-0.25, -0.2) is 5.43 Å². The van der Waals surface area contributed by atoms with Crippen LogP contribution in [0.4, 0.5) is 0 Å². The Hall–Kier alpha value is -2.60. The Morgan fingerprint density at radius 3 is 2.83 bits per heavy atom. The Morgan fingerprint density at radius 2 is 2.12 bits per heavy atom. The average Bonchev–Trinajstić information content (AvgIpc) is 2.65. The molecule has 0 spiro atoms. The predicted molar refractivity (Wildman–Crippen MR) is 92.4 cm³/mol. The molecule has 0 atom stereocenters. The van der Waals surface area contributed by atoms with Gasteiger partial charge in [-0.1, -0.05) is 12.1 Å². The van der Waals surface area contributed by atoms with Crippen molar-refractivity contribution in [1.82, 2.24) is 20.3 Å². The van der Waals surface area contributed by atoms with Crippen LogP contribution in [-0.2, 0) is 6.54 Å². The largest absolute Gasteiger partial charge is 0.299 e. The van der Waals surface area contributed by atoms with E-state index in [4.69, 9.17) is 0 Å². The standard InChI is InChI=1S/C18H21N5O/c24-18(17-5-1-2-9-20-17)22-21-13-15-6-10-23(11-7-15)14-16-4-3-8-19-12-16/h1-5,8-9,12-13,15H,6-7,10-11,14H2,(H,22,24)/b21-13+. The van der Waals surface area contributed by atoms with Crippen molar-refractivity contribution in [3.05, 3.63) is 60.2 Å². The fraction of sp³-hybridized carbons (Fsp3) is 0.333. The molecular weight excluding hydrogens is 302 g/mol. The van der Waals surface area contributed by atoms with E-state index in [-0.39, 0.29) is 5.91 Å². The lowest BCUT2D eigenvalue weighted by atomic mass is 9.98. The molecule has 0 aromatic carbocycles. The van der Waals surface area contributed by atoms with Crippen LogP contribution in [0.5, 0.6) is 0 Å². The Bertz CT molecular complexity index is 666. The van der Waals surface area contributed by atoms with Gasteiger partial charge in [0.2, 0.25) is 0 Å². The highest BCUT2D eigenvalue weighted by molar-refractivity contribution is 5.92. The third kappa shape index (κ3) is 4.70. The van der Waals surface area contributed by atoms with Gasteiger partial charge in [-0.3, -0.25) is 19.7 Å². The number of hydrogen-bond acceptors (Lipinski definition) is 5. The molecule has 0 aliphatic carbocycles. The van der Waals surface area contributed by atoms with E-state index in [0.29, 0.717) is 11.6 Å². The number of nitrogens with one attached hydrogen (secondary N) is 1. The molecule has 6 nitrogen and oxygen atoms in total. The quantitative estimate of drug-likeness (QED) is 0.676. The first kappa shape index (κ1) is 16.3. The van der Waals surface area contributed by atoms with Gasteiger partial charge in [0.05, 0.1) is 0 Å². The molecule has 0 radical (unpaired) electrons. The zero-order valence-electron chi connectivity index (χ0n) is 13.5. The number of piperidine rings is 1. The minimum atomic E-state index is -0.277. The molecule has 0 bridgehead atoms. The lowest BCUT2D eigenvalue weighted by molar-refractivity contribution is 0.0949. The van der Waals surface area contributed by atoms with Crippen molar-refractivity contribution < 1.29 is 4.79 Å². The SMILES string of the molecule is O=C(N/N=C/C1CCN(Cc2cccnc2)CC1)c1ccccn1. The van der Waals surface area contributed by atoms with Crippen LogP contribution >= 0.6 is 0 Å². The summed E-state index contributed by atoms with van der Waals surface area (Å²) in [4.78, 5) is 22.4. The molecule has 2 aromatic heterocycles. The number of likely N-dealkylation sites (tertiary alicyclic amines) is 1. The summed E-state index contributed by atoms with van der Waals surface area (Å²) in [5.74, 6) is 0.125. The van der Waals surface area contributed by atoms with Crippen molar-refractivity contribution in [2.45, 2.75) is 19.4 Å². The first-order valence-electron chi connectivity index (χ1n) is 8.17. The van der Waals surface area contributed by atoms with E-state index in [9.17, 15) is 4.79 Å². The zero-order chi connectivity index (χ0) is 16.6. The van der Waals surface area contributed by atoms with Gasteiger partial charge < -0.3 is 0 Å². The molecule has 6 heteroatoms. The minimum absolute atomic E-state index is 0.277. The molecule has 1 fully saturated rings. The van der Waals surface area contributed by atoms with Crippen LogP contribution in [0.1, 0.15) is 28.9 Å². The Morgan fingerprint density at radius 1 is 1.25 bits per heavy atom. The molecule has 3 rings (SSSR count). The number of carbonyl (C=O) groups excluding carboxylic acids is 1. The maximum absolute atomic E-state index is 11.8. The second-order valence-corrected chi connectivity index (χ2v) is 5.91. The lowest BCUT2D eigenvalue weighted by Crippen LogP contribution is -2.34. The number of aromatic nitrogens is 2. The molecule has 0 unspecified atom stereocenters. The second kappa shape index (κ2) is 8.31. The van der Waals surface area contributed by atoms with Crippen LogP contribution < -0.4 is 5.43 Å². The Labute approximate surface area is 141 Å². The predicted octanol–water partition coefficient (Wildman–Crippen LogP) is 2.10. The first-order chi connectivity index (χ1) is 11.8. The third-order valence-corrected chi connectivity index (χ3v) is 4.11. The number of rotatable bonds is 5. The molecule has 3 heterocycles. The maximum Gasteiger partial charge on any atom is 0.289 e. The van der Waals surface area contributed by atoms with Crippen LogP contribution in [0.3, 0.4) is 0 Å². The van der Waals surface area contributed by atoms with Crippen molar-refractivity contribution in [1.29, 1.82) is 0 Å². The van der Waals surface area contributed by atoms with Crippen molar-refractivity contribution >= 4 is 12.1 Å². The number of carbonyl (C=O) groups is 1. The van der Waals surface area contributed by atoms with Gasteiger partial charge >= 0.3 is 0 Å². The van der Waals surface area contributed by atoms with Gasteiger partial charge in [0.1, 0.15) is 5.69 Å². The van der Waals surface area contributed by atoms with Crippen molar-refractivity contribution in [3.8, 4) is 0 Å². The molecular formula is C18H21N5O. The number of hydrogen-bond donors (Lipinski definition) is 1. The van der Waals surface area contributed by atoms with Crippen LogP contribution in [0.25, 0.3) is 0 Å². The van der Waals surface area contributed by atoms with Crippen LogP contribution in [0, 0.1) is 5.92 Å². The van der Waals surface area contributed by atoms with E-state index < -0.39 is 0 Å². The summed E-state index contributed by atoms with van der Waals surface area (Å²) in [6, 6.07) is 9.30. The summed E-state index contributed by atoms with van der Waals surface area (Å²) in [6.45, 7) is 2.99. The third-order valence-electron chi connectivity index (χ3n) is 4.11. The van der Waals surface area contributed by atoms with E-state index >= 15 is 0 Å². The van der Waals surface area contributed by atoms with Gasteiger partial charge in [0.15, 0.2) is 0 Å². The summed E-state index contributed by atoms with van der Waals surface area (Å²) >= 11 is 0. The number of pyridine rings is 2. The van der Waals surface area contributed by atoms with Crippen LogP contribution in [-0.4, -0.2) is 40.1 Å². The van der Waals surface area contributed by atoms with Gasteiger partial charge in [0, 0.05) is 31.3 Å². The van der Waals surface area contributed by atoms with Crippen LogP contribution in [0.15, 0.2) is 54.0 Å². The number of hydrazone groups is 1. The van der Waals surface area contributed by atoms with Crippen LogP contribution in [0.2, 0.25) is 0 Å². The molecule has 1 saturated heterocycles. The Kier molecular flexibility index (Phi) is 5.63. The molecule has 124 valence electrons. The van der Waals surface area contributed by atoms with E-state index in [1.165, 1.54) is 5.56 Å². The van der Waals surface area contributed by atoms with E-state index in [1.54, 1.807) is 30.6 Å². The molecule has 2 aromatic rings. The molecule has 24 heavy (non-hydrogen) atoms. The molecule has 1 amide bonds. The fourth-order valence-corrected chi connectivity index (χ4v) is 2.77. The van der Waals surface area contributed by atoms with Gasteiger partial charge in [-0.05, 0) is 55.6 Å². The molecule has 1 N–H and O–H groups in total. The number of amides is 1. The van der Waals surface area contributed by atoms with Gasteiger partial charge in [0.25, 0.3) is 5.91 Å². The minimum Gasteiger partial charge on any atom is -0.299 e. The smallest absolute Gasteiger partial charge is 0.289 e. The Balaban J connectivity index is 1.41. The average molecular weight is 323 g/mol. The van der Waals surface area contributed by atoms with Gasteiger partial charge in [-0.2, -0.15) is 5.10 Å². The fourth-order valence-electron chi connectivity index (χ4n) is 2.77. The normalized spacial score (nSPS) is 16.3. The highest BCUT2D eigenvalue weighted by Gasteiger charge is 2.18. The highest BCUT2D eigenvalue weighted by Crippen LogP contribution is 2.17. The molecule has 1 aliphatic rings. The maximum atomic E-state index is 11.8. The summed E-state index contributed by atoms with van der Waals surface area (Å²) in [7, 11) is 0. The van der Waals surface area contributed by atoms with Gasteiger partial charge in [-0.15, -0.1) is 0 Å². The second-order valence-electron chi connectivity index (χ2n) is 5.91. The zero-order valence-corrected chi connectivity index (χ0v) is 13.5. The van der Waals surface area contributed by atoms with E-state index in [0.717, 1.165) is 32.5 Å². The summed E-state index contributed by atoms with van der Waals surface area (Å²) in [5.41, 5.74) is 4.16. The molecule has 0 saturated carbocycles. The van der Waals surface area contributed by atoms with Crippen molar-refractivity contribution in [2.75, 3.05) is 13.1 Å². The first-order valence-corrected chi connectivity index (χ1v) is 8.17.